The van der Waals surface area contributed by atoms with Gasteiger partial charge in [-0.25, -0.2) is 51.2 Å². The first-order valence-corrected chi connectivity index (χ1v) is 52.9. The van der Waals surface area contributed by atoms with Gasteiger partial charge in [-0.2, -0.15) is 17.2 Å². The summed E-state index contributed by atoms with van der Waals surface area (Å²) in [7, 11) is 2.89. The molecular weight excluding hydrogens is 2190 g/mol. The SMILES string of the molecule is C.C.C.COc1ccc(CN(Cc2ccc(OC)cc2)S(=O)(=O)[C@@H](C)[C@@H](OC)c2ccc(F)cc2Br)cc1.COc1ccc(CN(Cc2ccc(OC)cc2)S(=O)(=O)[C@@H](C)[C@H](OC)c2ccc(F)cc2Br)cc1.COc1ccc(CN(Cc2ccc(OC)cc2)S(=O)(=O)[C@H](C)[C@@H](OC)c2ccc(F)cc2Br)cc1.COc1ccc(CN(Cc2ccc(OC)cc2)S(=O)(=O)[C@H](C)[C@H](OC)c2ccc(F)cc2Br)cc1. The fraction of sp³-hybridized carbons (Fsp3) is 0.327. The average Bonchev–Trinajstić information content (AvgIpc) is 0.796. The third-order valence-corrected chi connectivity index (χ3v) is 34.7. The zero-order chi connectivity index (χ0) is 102. The number of ether oxygens (including phenoxy) is 12. The third-order valence-electron chi connectivity index (χ3n) is 23.3. The fourth-order valence-electron chi connectivity index (χ4n) is 15.2. The molecule has 12 aromatic rings. The van der Waals surface area contributed by atoms with Gasteiger partial charge in [0.2, 0.25) is 40.1 Å². The van der Waals surface area contributed by atoms with Crippen LogP contribution in [0.15, 0.2) is 285 Å². The molecule has 0 bridgehead atoms. The summed E-state index contributed by atoms with van der Waals surface area (Å²) >= 11 is 13.4. The van der Waals surface area contributed by atoms with Crippen molar-refractivity contribution in [1.82, 2.24) is 17.2 Å². The van der Waals surface area contributed by atoms with Crippen LogP contribution in [0.1, 0.15) is 141 Å². The number of hydrogen-bond acceptors (Lipinski definition) is 20. The summed E-state index contributed by atoms with van der Waals surface area (Å²) in [5.74, 6) is 3.80. The summed E-state index contributed by atoms with van der Waals surface area (Å²) in [5, 5.41) is -3.81. The van der Waals surface area contributed by atoms with Crippen LogP contribution in [0.4, 0.5) is 17.6 Å². The topological polar surface area (TPSA) is 260 Å². The van der Waals surface area contributed by atoms with E-state index in [1.807, 2.05) is 97.1 Å². The Balaban J connectivity index is 0.000000290. The number of sulfonamides is 4. The van der Waals surface area contributed by atoms with E-state index in [9.17, 15) is 51.2 Å². The van der Waals surface area contributed by atoms with Crippen LogP contribution in [-0.4, -0.2) is 157 Å². The summed E-state index contributed by atoms with van der Waals surface area (Å²) in [6.07, 6.45) is -3.26. The van der Waals surface area contributed by atoms with Crippen molar-refractivity contribution < 1.29 is 108 Å². The molecule has 12 aromatic carbocycles. The minimum atomic E-state index is -3.88. The largest absolute Gasteiger partial charge is 0.497 e. The number of rotatable bonds is 44. The van der Waals surface area contributed by atoms with Crippen molar-refractivity contribution >= 4 is 104 Å². The van der Waals surface area contributed by atoms with Gasteiger partial charge in [0.1, 0.15) is 115 Å². The maximum absolute atomic E-state index is 13.9. The molecule has 0 fully saturated rings. The Hall–Kier alpha value is -9.84. The maximum Gasteiger partial charge on any atom is 0.220 e. The minimum Gasteiger partial charge on any atom is -0.497 e. The molecule has 0 saturated heterocycles. The molecule has 776 valence electrons. The van der Waals surface area contributed by atoms with Crippen molar-refractivity contribution in [1.29, 1.82) is 0 Å². The van der Waals surface area contributed by atoms with Crippen LogP contribution in [-0.2, 0) is 111 Å². The van der Waals surface area contributed by atoms with E-state index in [4.69, 9.17) is 56.8 Å². The zero-order valence-corrected chi connectivity index (χ0v) is 89.9. The average molecular weight is 2310 g/mol. The number of methoxy groups -OCH3 is 12. The van der Waals surface area contributed by atoms with Crippen LogP contribution in [0.3, 0.4) is 0 Å². The molecule has 0 saturated carbocycles. The minimum absolute atomic E-state index is 0. The molecule has 0 N–H and O–H groups in total. The first kappa shape index (κ1) is 122. The second-order valence-corrected chi connectivity index (χ2v) is 44.7. The molecule has 0 aromatic heterocycles. The zero-order valence-electron chi connectivity index (χ0n) is 80.3. The summed E-state index contributed by atoms with van der Waals surface area (Å²) in [4.78, 5) is 0. The number of benzene rings is 12. The van der Waals surface area contributed by atoms with E-state index >= 15 is 0 Å². The van der Waals surface area contributed by atoms with Crippen molar-refractivity contribution in [2.45, 2.75) is 148 Å². The molecule has 8 atom stereocenters. The van der Waals surface area contributed by atoms with E-state index in [-0.39, 0.29) is 74.6 Å². The molecule has 0 radical (unpaired) electrons. The van der Waals surface area contributed by atoms with Crippen LogP contribution in [0.2, 0.25) is 0 Å². The Kier molecular flexibility index (Phi) is 49.3. The lowest BCUT2D eigenvalue weighted by atomic mass is 10.1. The van der Waals surface area contributed by atoms with Gasteiger partial charge in [-0.3, -0.25) is 0 Å². The Labute approximate surface area is 875 Å². The fourth-order valence-corrected chi connectivity index (χ4v) is 24.3. The van der Waals surface area contributed by atoms with Crippen LogP contribution < -0.4 is 37.9 Å². The van der Waals surface area contributed by atoms with Crippen LogP contribution in [0.5, 0.6) is 46.0 Å². The first-order chi connectivity index (χ1) is 66.7. The highest BCUT2D eigenvalue weighted by Gasteiger charge is 2.42. The predicted octanol–water partition coefficient (Wildman–Crippen LogP) is 24.8. The molecule has 0 amide bonds. The van der Waals surface area contributed by atoms with E-state index in [1.54, 1.807) is 182 Å². The summed E-state index contributed by atoms with van der Waals surface area (Å²) in [6, 6.07) is 74.6. The molecule has 0 spiro atoms. The van der Waals surface area contributed by atoms with Gasteiger partial charge < -0.3 is 56.8 Å². The van der Waals surface area contributed by atoms with Crippen molar-refractivity contribution in [2.24, 2.45) is 0 Å². The Morgan fingerprint density at radius 2 is 0.336 bits per heavy atom. The van der Waals surface area contributed by atoms with Gasteiger partial charge in [0, 0.05) is 98.7 Å². The first-order valence-electron chi connectivity index (χ1n) is 43.7. The third kappa shape index (κ3) is 33.6. The highest BCUT2D eigenvalue weighted by molar-refractivity contribution is 9.11. The number of halogens is 8. The molecule has 0 heterocycles. The van der Waals surface area contributed by atoms with Gasteiger partial charge >= 0.3 is 0 Å². The normalized spacial score (nSPS) is 13.2. The molecule has 0 aliphatic heterocycles. The lowest BCUT2D eigenvalue weighted by molar-refractivity contribution is 0.0996. The quantitative estimate of drug-likeness (QED) is 0.0321. The Bertz CT molecular complexity index is 5460. The van der Waals surface area contributed by atoms with E-state index in [2.05, 4.69) is 63.7 Å². The smallest absolute Gasteiger partial charge is 0.220 e. The lowest BCUT2D eigenvalue weighted by Crippen LogP contribution is -2.40. The van der Waals surface area contributed by atoms with Gasteiger partial charge in [0.05, 0.1) is 56.9 Å². The summed E-state index contributed by atoms with van der Waals surface area (Å²) in [5.41, 5.74) is 8.71. The van der Waals surface area contributed by atoms with Gasteiger partial charge in [-0.15, -0.1) is 0 Å². The van der Waals surface area contributed by atoms with Gasteiger partial charge in [0.15, 0.2) is 0 Å². The van der Waals surface area contributed by atoms with E-state index < -0.39 is 109 Å². The van der Waals surface area contributed by atoms with Crippen LogP contribution >= 0.6 is 63.7 Å². The number of nitrogens with zero attached hydrogens (tertiary/aromatic N) is 4. The van der Waals surface area contributed by atoms with Crippen molar-refractivity contribution in [3.63, 3.8) is 0 Å². The molecular formula is C107H128Br4F4N4O20S4. The van der Waals surface area contributed by atoms with Gasteiger partial charge in [-0.05, 0) is 240 Å². The molecule has 36 heteroatoms. The Morgan fingerprint density at radius 3 is 0.434 bits per heavy atom. The summed E-state index contributed by atoms with van der Waals surface area (Å²) < 4.78 is 238. The second-order valence-electron chi connectivity index (χ2n) is 32.1. The van der Waals surface area contributed by atoms with Crippen molar-refractivity contribution in [2.75, 3.05) is 85.3 Å². The lowest BCUT2D eigenvalue weighted by Gasteiger charge is -2.30. The van der Waals surface area contributed by atoms with Gasteiger partial charge in [0.25, 0.3) is 0 Å². The van der Waals surface area contributed by atoms with E-state index in [0.29, 0.717) is 86.1 Å². The van der Waals surface area contributed by atoms with E-state index in [1.165, 1.54) is 118 Å². The highest BCUT2D eigenvalue weighted by Crippen LogP contribution is 2.41. The molecule has 143 heavy (non-hydrogen) atoms. The molecule has 12 rings (SSSR count). The van der Waals surface area contributed by atoms with E-state index in [0.717, 1.165) is 44.5 Å². The molecule has 0 aliphatic rings. The van der Waals surface area contributed by atoms with Crippen molar-refractivity contribution in [3.05, 3.63) is 375 Å². The van der Waals surface area contributed by atoms with Crippen molar-refractivity contribution in [3.8, 4) is 46.0 Å². The second kappa shape index (κ2) is 57.9. The maximum atomic E-state index is 13.9. The monoisotopic (exact) mass is 2310 g/mol. The molecule has 24 nitrogen and oxygen atoms in total. The molecule has 0 unspecified atom stereocenters. The highest BCUT2D eigenvalue weighted by atomic mass is 79.9. The Morgan fingerprint density at radius 1 is 0.217 bits per heavy atom. The van der Waals surface area contributed by atoms with Gasteiger partial charge in [-0.1, -0.05) is 207 Å². The molecule has 0 aliphatic carbocycles. The van der Waals surface area contributed by atoms with Crippen LogP contribution in [0, 0.1) is 23.3 Å². The van der Waals surface area contributed by atoms with Crippen LogP contribution in [0.25, 0.3) is 0 Å². The summed E-state index contributed by atoms with van der Waals surface area (Å²) in [6.45, 7) is 7.67. The standard InChI is InChI=1S/4C26H29BrFNO5S.3CH4/c4*1-18(26(34-4)24-14-9-21(28)15-25(24)27)35(30,31)29(16-19-5-10-22(32-2)11-6-19)17-20-7-12-23(33-3)13-8-20;;;/h4*5-15,18,26H,16-17H2,1-4H3;3*1H4/t2*18-,26+;2*18-,26-;;;/m1010.../s1. The number of hydrogen-bond donors (Lipinski definition) is 0. The predicted molar refractivity (Wildman–Crippen MR) is 570 cm³/mol.